The van der Waals surface area contributed by atoms with E-state index in [1.54, 1.807) is 23.5 Å². The van der Waals surface area contributed by atoms with Crippen LogP contribution in [0.3, 0.4) is 0 Å². The molecule has 2 amide bonds. The molecule has 0 spiro atoms. The summed E-state index contributed by atoms with van der Waals surface area (Å²) in [6.45, 7) is 11.0. The van der Waals surface area contributed by atoms with Crippen molar-refractivity contribution in [3.05, 3.63) is 102 Å². The highest BCUT2D eigenvalue weighted by Gasteiger charge is 2.44. The number of para-hydroxylation sites is 1. The second-order valence-electron chi connectivity index (χ2n) is 21.7. The summed E-state index contributed by atoms with van der Waals surface area (Å²) in [5.74, 6) is 0.959. The first kappa shape index (κ1) is 51.3. The number of anilines is 4. The number of aromatic nitrogens is 5. The molecule has 8 heterocycles. The van der Waals surface area contributed by atoms with Gasteiger partial charge < -0.3 is 54.9 Å². The number of hydrogen-bond acceptors (Lipinski definition) is 17. The van der Waals surface area contributed by atoms with Crippen LogP contribution in [0.2, 0.25) is 0 Å². The molecule has 4 saturated heterocycles. The minimum Gasteiger partial charge on any atom is -0.507 e. The Morgan fingerprint density at radius 3 is 2.28 bits per heavy atom. The van der Waals surface area contributed by atoms with Crippen molar-refractivity contribution in [3.8, 4) is 33.3 Å². The van der Waals surface area contributed by atoms with Gasteiger partial charge in [0.15, 0.2) is 17.4 Å². The number of hydrogen-bond donors (Lipinski definition) is 4. The van der Waals surface area contributed by atoms with Crippen molar-refractivity contribution in [1.82, 2.24) is 35.5 Å². The van der Waals surface area contributed by atoms with Crippen LogP contribution < -0.4 is 30.5 Å². The van der Waals surface area contributed by atoms with E-state index >= 15 is 0 Å². The number of aromatic hydroxyl groups is 1. The van der Waals surface area contributed by atoms with Crippen LogP contribution in [0.15, 0.2) is 89.0 Å². The number of nitrogens with one attached hydrogen (secondary N) is 1. The fourth-order valence-electron chi connectivity index (χ4n) is 12.3. The zero-order valence-corrected chi connectivity index (χ0v) is 44.5. The third kappa shape index (κ3) is 10.8. The Morgan fingerprint density at radius 2 is 1.57 bits per heavy atom. The maximum Gasteiger partial charge on any atom is 0.243 e. The van der Waals surface area contributed by atoms with E-state index in [0.29, 0.717) is 34.5 Å². The normalized spacial score (nSPS) is 23.8. The van der Waals surface area contributed by atoms with Gasteiger partial charge in [-0.3, -0.25) is 9.59 Å². The van der Waals surface area contributed by atoms with Crippen LogP contribution in [-0.2, 0) is 14.3 Å². The predicted octanol–water partition coefficient (Wildman–Crippen LogP) is 8.06. The molecule has 76 heavy (non-hydrogen) atoms. The van der Waals surface area contributed by atoms with Crippen LogP contribution in [-0.4, -0.2) is 128 Å². The average molecular weight is 1050 g/mol. The number of carbonyl (C=O) groups is 2. The Labute approximate surface area is 447 Å². The average Bonchev–Trinajstić information content (AvgIpc) is 4.25. The topological polar surface area (TPSA) is 222 Å². The molecule has 1 aliphatic carbocycles. The molecule has 0 radical (unpaired) electrons. The number of carbonyl (C=O) groups excluding carboxylic acids is 2. The van der Waals surface area contributed by atoms with Crippen LogP contribution in [0.25, 0.3) is 21.7 Å². The minimum atomic E-state index is -0.814. The Bertz CT molecular complexity index is 2980. The molecule has 6 atom stereocenters. The van der Waals surface area contributed by atoms with Gasteiger partial charge in [-0.05, 0) is 107 Å². The van der Waals surface area contributed by atoms with E-state index in [1.165, 1.54) is 4.90 Å². The zero-order chi connectivity index (χ0) is 52.6. The number of aryl methyl sites for hydroxylation is 1. The monoisotopic (exact) mass is 1050 g/mol. The smallest absolute Gasteiger partial charge is 0.243 e. The Kier molecular flexibility index (Phi) is 14.9. The Hall–Kier alpha value is -6.83. The van der Waals surface area contributed by atoms with E-state index < -0.39 is 18.1 Å². The molecular formula is C57H69N11O7S. The molecule has 4 aromatic heterocycles. The van der Waals surface area contributed by atoms with Crippen LogP contribution in [0, 0.1) is 12.8 Å². The van der Waals surface area contributed by atoms with Gasteiger partial charge in [-0.1, -0.05) is 55.4 Å². The van der Waals surface area contributed by atoms with E-state index in [1.807, 2.05) is 87.9 Å². The van der Waals surface area contributed by atoms with Gasteiger partial charge in [0, 0.05) is 80.8 Å². The number of nitrogens with zero attached hydrogens (tertiary/aromatic N) is 9. The second-order valence-corrected chi connectivity index (χ2v) is 22.6. The fraction of sp³-hybridized carbons (Fsp3) is 0.491. The van der Waals surface area contributed by atoms with Crippen molar-refractivity contribution < 1.29 is 33.8 Å². The number of ether oxygens (including phenoxy) is 2. The third-order valence-corrected chi connectivity index (χ3v) is 17.3. The molecule has 5 aliphatic rings. The molecule has 2 aromatic carbocycles. The Balaban J connectivity index is 0.638. The highest BCUT2D eigenvalue weighted by molar-refractivity contribution is 7.13. The number of amides is 2. The number of β-amino-alcohol motifs (C(OH)–C–C–N with tert-alkyl or cyclic N) is 1. The number of pyridine rings is 1. The lowest BCUT2D eigenvalue weighted by Gasteiger charge is -2.43. The highest BCUT2D eigenvalue weighted by Crippen LogP contribution is 2.41. The molecule has 18 nitrogen and oxygen atoms in total. The number of aliphatic hydroxyl groups excluding tert-OH is 1. The van der Waals surface area contributed by atoms with Crippen molar-refractivity contribution in [2.24, 2.45) is 5.92 Å². The summed E-state index contributed by atoms with van der Waals surface area (Å²) < 4.78 is 19.2. The maximum absolute atomic E-state index is 14.4. The zero-order valence-electron chi connectivity index (χ0n) is 43.7. The number of aliphatic hydroxyl groups is 1. The van der Waals surface area contributed by atoms with Gasteiger partial charge in [0.25, 0.3) is 0 Å². The number of thiazole rings is 1. The summed E-state index contributed by atoms with van der Waals surface area (Å²) in [6, 6.07) is 22.7. The van der Waals surface area contributed by atoms with Gasteiger partial charge in [0.2, 0.25) is 17.7 Å². The summed E-state index contributed by atoms with van der Waals surface area (Å²) in [6.07, 6.45) is 9.04. The van der Waals surface area contributed by atoms with Gasteiger partial charge in [0.05, 0.1) is 51.8 Å². The van der Waals surface area contributed by atoms with Crippen molar-refractivity contribution >= 4 is 46.2 Å². The SMILES string of the molecule is Cc1ncsc1-c1ccc([C@H](C)NC(=O)[C@@H]2C[C@@H](O)CN2C(=O)[C@H](c2cc(N3CCC(OC4CCC(Oc5cc(N6C7CC[C@@H]6CN(c6cc(-c8ccccc8O)nnc6N)C7)ccn5)CC4)CC3)no2)C(C)C)cc1. The largest absolute Gasteiger partial charge is 0.507 e. The molecule has 1 saturated carbocycles. The number of rotatable bonds is 15. The molecule has 5 N–H and O–H groups in total. The standard InChI is InChI=1S/C57H69N11O7S/c1-33(2)53(57(72)67-31-41(69)26-48(67)56(71)61-34(3)36-9-11-37(12-10-36)54-35(4)60-32-76-54)50-28-51(64-75-50)65-23-20-44(21-24-65)73-42-15-17-43(18-16-42)74-52-25-38(19-22-59-52)68-39-13-14-40(68)30-66(29-39)47-27-46(62-63-55(47)58)45-7-5-6-8-49(45)70/h5-12,19,22,25,27-28,32-34,39-44,48,53,69-70H,13-18,20-21,23-24,26,29-31H2,1-4H3,(H2,58,63)(H,61,71)/t34-,39+,40?,41+,42?,43?,48-,53-/m0/s1. The number of benzene rings is 2. The number of likely N-dealkylation sites (tertiary alicyclic amines) is 1. The van der Waals surface area contributed by atoms with Gasteiger partial charge in [0.1, 0.15) is 23.8 Å². The Morgan fingerprint density at radius 1 is 0.842 bits per heavy atom. The number of phenols is 1. The van der Waals surface area contributed by atoms with Crippen molar-refractivity contribution in [2.75, 3.05) is 53.2 Å². The summed E-state index contributed by atoms with van der Waals surface area (Å²) in [4.78, 5) is 46.9. The number of nitrogens with two attached hydrogens (primary N) is 1. The lowest BCUT2D eigenvalue weighted by molar-refractivity contribution is -0.141. The number of piperidine rings is 1. The predicted molar refractivity (Wildman–Crippen MR) is 291 cm³/mol. The number of fused-ring (bicyclic) bond motifs is 2. The first-order valence-corrected chi connectivity index (χ1v) is 27.9. The maximum atomic E-state index is 14.4. The summed E-state index contributed by atoms with van der Waals surface area (Å²) in [7, 11) is 0. The van der Waals surface area contributed by atoms with E-state index in [4.69, 9.17) is 19.7 Å². The van der Waals surface area contributed by atoms with Crippen molar-refractivity contribution in [3.63, 3.8) is 0 Å². The lowest BCUT2D eigenvalue weighted by Crippen LogP contribution is -2.54. The molecule has 19 heteroatoms. The van der Waals surface area contributed by atoms with E-state index in [-0.39, 0.29) is 72.9 Å². The van der Waals surface area contributed by atoms with Gasteiger partial charge in [-0.25, -0.2) is 9.97 Å². The third-order valence-electron chi connectivity index (χ3n) is 16.3. The molecule has 4 aliphatic heterocycles. The molecule has 11 rings (SSSR count). The van der Waals surface area contributed by atoms with E-state index in [0.717, 1.165) is 111 Å². The van der Waals surface area contributed by atoms with Crippen LogP contribution in [0.4, 0.5) is 23.0 Å². The summed E-state index contributed by atoms with van der Waals surface area (Å²) >= 11 is 1.60. The first-order valence-electron chi connectivity index (χ1n) is 27.1. The quantitative estimate of drug-likeness (QED) is 0.0764. The number of nitrogen functional groups attached to an aromatic ring is 1. The number of piperazine rings is 1. The van der Waals surface area contributed by atoms with E-state index in [9.17, 15) is 19.8 Å². The van der Waals surface area contributed by atoms with Crippen molar-refractivity contribution in [1.29, 1.82) is 0 Å². The number of phenolic OH excluding ortho intramolecular Hbond substituents is 1. The summed E-state index contributed by atoms with van der Waals surface area (Å²) in [5.41, 5.74) is 14.4. The molecule has 2 bridgehead atoms. The molecular weight excluding hydrogens is 983 g/mol. The van der Waals surface area contributed by atoms with Crippen LogP contribution >= 0.6 is 11.3 Å². The lowest BCUT2D eigenvalue weighted by atomic mass is 9.91. The molecule has 6 aromatic rings. The van der Waals surface area contributed by atoms with Crippen LogP contribution in [0.5, 0.6) is 11.6 Å². The van der Waals surface area contributed by atoms with E-state index in [2.05, 4.69) is 57.5 Å². The first-order chi connectivity index (χ1) is 36.8. The van der Waals surface area contributed by atoms with Gasteiger partial charge >= 0.3 is 0 Å². The minimum absolute atomic E-state index is 0.0667. The molecule has 1 unspecified atom stereocenters. The molecule has 5 fully saturated rings. The summed E-state index contributed by atoms with van der Waals surface area (Å²) in [5, 5.41) is 37.4. The van der Waals surface area contributed by atoms with Gasteiger partial charge in [-0.2, -0.15) is 0 Å². The molecule has 400 valence electrons. The second kappa shape index (κ2) is 22.0. The van der Waals surface area contributed by atoms with Gasteiger partial charge in [-0.15, -0.1) is 21.5 Å². The fourth-order valence-corrected chi connectivity index (χ4v) is 13.1. The highest BCUT2D eigenvalue weighted by atomic mass is 32.1. The van der Waals surface area contributed by atoms with Crippen LogP contribution in [0.1, 0.15) is 108 Å². The van der Waals surface area contributed by atoms with Crippen molar-refractivity contribution in [2.45, 2.75) is 140 Å².